The van der Waals surface area contributed by atoms with E-state index in [0.29, 0.717) is 22.6 Å². The molecule has 0 aliphatic heterocycles. The van der Waals surface area contributed by atoms with Gasteiger partial charge in [0.05, 0.1) is 0 Å². The van der Waals surface area contributed by atoms with E-state index in [-0.39, 0.29) is 0 Å². The standard InChI is InChI=1S/C2H2F2INO/c3-2(4,5)1(6)7/h(H2,6,7). The maximum Gasteiger partial charge on any atom is 0.372 e. The highest BCUT2D eigenvalue weighted by molar-refractivity contribution is 14.1. The minimum absolute atomic E-state index is 0.659. The summed E-state index contributed by atoms with van der Waals surface area (Å²) in [4.78, 5) is 9.49. The Kier molecular flexibility index (Phi) is 1.91. The lowest BCUT2D eigenvalue weighted by atomic mass is 10.7. The highest BCUT2D eigenvalue weighted by Gasteiger charge is 2.31. The van der Waals surface area contributed by atoms with E-state index in [9.17, 15) is 13.6 Å². The summed E-state index contributed by atoms with van der Waals surface area (Å²) in [6.07, 6.45) is 0. The second-order valence-corrected chi connectivity index (χ2v) is 2.22. The Morgan fingerprint density at radius 3 is 1.86 bits per heavy atom. The molecule has 0 fully saturated rings. The fourth-order valence-electron chi connectivity index (χ4n) is 0. The van der Waals surface area contributed by atoms with Crippen molar-refractivity contribution in [1.82, 2.24) is 0 Å². The SMILES string of the molecule is NC(=O)C(F)(F)I. The molecule has 0 spiro atoms. The second-order valence-electron chi connectivity index (χ2n) is 0.862. The minimum atomic E-state index is -3.39. The molecule has 0 saturated heterocycles. The van der Waals surface area contributed by atoms with Crippen LogP contribution in [-0.4, -0.2) is 9.84 Å². The molecule has 42 valence electrons. The summed E-state index contributed by atoms with van der Waals surface area (Å²) in [5.74, 6) is -1.60. The molecule has 0 aromatic rings. The third kappa shape index (κ3) is 2.72. The molecule has 0 aromatic heterocycles. The van der Waals surface area contributed by atoms with E-state index < -0.39 is 9.84 Å². The van der Waals surface area contributed by atoms with Crippen LogP contribution in [0.3, 0.4) is 0 Å². The molecule has 2 N–H and O–H groups in total. The van der Waals surface area contributed by atoms with Gasteiger partial charge >= 0.3 is 3.93 Å². The predicted octanol–water partition coefficient (Wildman–Crippen LogP) is 0.500. The summed E-state index contributed by atoms with van der Waals surface area (Å²) in [5.41, 5.74) is 4.17. The van der Waals surface area contributed by atoms with Gasteiger partial charge in [0.15, 0.2) is 0 Å². The van der Waals surface area contributed by atoms with Crippen LogP contribution in [-0.2, 0) is 4.79 Å². The predicted molar refractivity (Wildman–Crippen MR) is 28.2 cm³/mol. The summed E-state index contributed by atoms with van der Waals surface area (Å²) >= 11 is 0.659. The van der Waals surface area contributed by atoms with Crippen molar-refractivity contribution in [2.75, 3.05) is 0 Å². The van der Waals surface area contributed by atoms with E-state index >= 15 is 0 Å². The Labute approximate surface area is 52.2 Å². The van der Waals surface area contributed by atoms with Gasteiger partial charge in [-0.15, -0.1) is 0 Å². The topological polar surface area (TPSA) is 43.1 Å². The Morgan fingerprint density at radius 1 is 1.71 bits per heavy atom. The van der Waals surface area contributed by atoms with Gasteiger partial charge in [0, 0.05) is 22.6 Å². The van der Waals surface area contributed by atoms with Crippen molar-refractivity contribution in [3.05, 3.63) is 0 Å². The van der Waals surface area contributed by atoms with E-state index in [0.717, 1.165) is 0 Å². The van der Waals surface area contributed by atoms with E-state index in [2.05, 4.69) is 5.73 Å². The van der Waals surface area contributed by atoms with Crippen LogP contribution in [0, 0.1) is 0 Å². The molecule has 0 aliphatic rings. The molecule has 0 aliphatic carbocycles. The highest BCUT2D eigenvalue weighted by Crippen LogP contribution is 2.20. The van der Waals surface area contributed by atoms with E-state index in [4.69, 9.17) is 0 Å². The molecule has 5 heteroatoms. The van der Waals surface area contributed by atoms with Gasteiger partial charge in [-0.2, -0.15) is 8.78 Å². The first-order chi connectivity index (χ1) is 2.94. The average molecular weight is 221 g/mol. The van der Waals surface area contributed by atoms with Crippen LogP contribution in [0.4, 0.5) is 8.78 Å². The van der Waals surface area contributed by atoms with E-state index in [1.165, 1.54) is 0 Å². The number of rotatable bonds is 1. The van der Waals surface area contributed by atoms with Crippen LogP contribution in [0.2, 0.25) is 0 Å². The zero-order valence-corrected chi connectivity index (χ0v) is 5.28. The van der Waals surface area contributed by atoms with Gasteiger partial charge in [0.1, 0.15) is 0 Å². The number of hydrogen-bond acceptors (Lipinski definition) is 1. The van der Waals surface area contributed by atoms with Gasteiger partial charge in [-0.05, 0) is 0 Å². The van der Waals surface area contributed by atoms with Crippen molar-refractivity contribution in [3.63, 3.8) is 0 Å². The number of halogens is 3. The largest absolute Gasteiger partial charge is 0.372 e. The third-order valence-corrected chi connectivity index (χ3v) is 0.811. The number of carbonyl (C=O) groups is 1. The molecule has 0 atom stereocenters. The monoisotopic (exact) mass is 221 g/mol. The molecule has 0 aromatic carbocycles. The third-order valence-electron chi connectivity index (χ3n) is 0.279. The molecule has 0 rings (SSSR count). The normalized spacial score (nSPS) is 11.3. The molecule has 0 unspecified atom stereocenters. The molecular weight excluding hydrogens is 219 g/mol. The molecule has 1 amide bonds. The van der Waals surface area contributed by atoms with E-state index in [1.807, 2.05) is 0 Å². The smallest absolute Gasteiger partial charge is 0.364 e. The molecule has 0 saturated carbocycles. The number of amides is 1. The summed E-state index contributed by atoms with van der Waals surface area (Å²) in [6, 6.07) is 0. The fraction of sp³-hybridized carbons (Fsp3) is 0.500. The van der Waals surface area contributed by atoms with E-state index in [1.54, 1.807) is 0 Å². The van der Waals surface area contributed by atoms with Crippen LogP contribution in [0.1, 0.15) is 0 Å². The van der Waals surface area contributed by atoms with Crippen molar-refractivity contribution >= 4 is 28.5 Å². The van der Waals surface area contributed by atoms with Crippen LogP contribution >= 0.6 is 22.6 Å². The molecule has 0 bridgehead atoms. The minimum Gasteiger partial charge on any atom is -0.364 e. The summed E-state index contributed by atoms with van der Waals surface area (Å²) in [6.45, 7) is 0. The lowest BCUT2D eigenvalue weighted by molar-refractivity contribution is -0.129. The van der Waals surface area contributed by atoms with Crippen molar-refractivity contribution in [1.29, 1.82) is 0 Å². The summed E-state index contributed by atoms with van der Waals surface area (Å²) in [7, 11) is 0. The molecular formula is C2H2F2INO. The molecule has 2 nitrogen and oxygen atoms in total. The van der Waals surface area contributed by atoms with Crippen LogP contribution in [0.15, 0.2) is 0 Å². The number of hydrogen-bond donors (Lipinski definition) is 1. The first-order valence-corrected chi connectivity index (χ1v) is 2.39. The number of alkyl halides is 3. The first kappa shape index (κ1) is 7.06. The van der Waals surface area contributed by atoms with Gasteiger partial charge in [-0.3, -0.25) is 4.79 Å². The van der Waals surface area contributed by atoms with Gasteiger partial charge in [0.2, 0.25) is 0 Å². The van der Waals surface area contributed by atoms with Crippen LogP contribution in [0.5, 0.6) is 0 Å². The van der Waals surface area contributed by atoms with Crippen LogP contribution in [0.25, 0.3) is 0 Å². The zero-order chi connectivity index (χ0) is 6.08. The van der Waals surface area contributed by atoms with Crippen LogP contribution < -0.4 is 5.73 Å². The second kappa shape index (κ2) is 1.89. The number of primary amides is 1. The Hall–Kier alpha value is 0.0600. The summed E-state index contributed by atoms with van der Waals surface area (Å²) in [5, 5.41) is 0. The first-order valence-electron chi connectivity index (χ1n) is 1.31. The lowest BCUT2D eigenvalue weighted by Crippen LogP contribution is -2.28. The maximum absolute atomic E-state index is 11.4. The Morgan fingerprint density at radius 2 is 1.86 bits per heavy atom. The Balaban J connectivity index is 3.79. The Bertz CT molecular complexity index is 88.2. The van der Waals surface area contributed by atoms with Crippen molar-refractivity contribution in [2.24, 2.45) is 5.73 Å². The van der Waals surface area contributed by atoms with Crippen molar-refractivity contribution < 1.29 is 13.6 Å². The van der Waals surface area contributed by atoms with Crippen molar-refractivity contribution in [3.8, 4) is 0 Å². The zero-order valence-electron chi connectivity index (χ0n) is 3.12. The number of carbonyl (C=O) groups excluding carboxylic acids is 1. The molecule has 0 heterocycles. The molecule has 0 radical (unpaired) electrons. The maximum atomic E-state index is 11.4. The van der Waals surface area contributed by atoms with Crippen molar-refractivity contribution in [2.45, 2.75) is 3.93 Å². The quantitative estimate of drug-likeness (QED) is 0.508. The van der Waals surface area contributed by atoms with Gasteiger partial charge < -0.3 is 5.73 Å². The summed E-state index contributed by atoms with van der Waals surface area (Å²) < 4.78 is 19.3. The lowest BCUT2D eigenvalue weighted by Gasteiger charge is -1.98. The fourth-order valence-corrected chi connectivity index (χ4v) is 0. The highest BCUT2D eigenvalue weighted by atomic mass is 127. The van der Waals surface area contributed by atoms with Gasteiger partial charge in [-0.1, -0.05) is 0 Å². The van der Waals surface area contributed by atoms with Gasteiger partial charge in [-0.25, -0.2) is 0 Å². The number of nitrogens with two attached hydrogens (primary N) is 1. The van der Waals surface area contributed by atoms with Gasteiger partial charge in [0.25, 0.3) is 5.91 Å². The average Bonchev–Trinajstić information content (AvgIpc) is 1.31. The molecule has 7 heavy (non-hydrogen) atoms.